The molecule has 4 heterocycles. The molecular formula is C29H28N6O3S. The minimum absolute atomic E-state index is 0.000304. The van der Waals surface area contributed by atoms with Crippen LogP contribution >= 0.6 is 11.8 Å². The number of nitrogens with zero attached hydrogens (tertiary/aromatic N) is 3. The predicted molar refractivity (Wildman–Crippen MR) is 149 cm³/mol. The third-order valence-corrected chi connectivity index (χ3v) is 8.68. The van der Waals surface area contributed by atoms with Crippen LogP contribution in [0.5, 0.6) is 0 Å². The summed E-state index contributed by atoms with van der Waals surface area (Å²) in [5, 5.41) is 9.38. The second kappa shape index (κ2) is 10.5. The van der Waals surface area contributed by atoms with Gasteiger partial charge in [-0.05, 0) is 50.0 Å². The fraction of sp³-hybridized carbons (Fsp3) is 0.276. The largest absolute Gasteiger partial charge is 0.352 e. The zero-order valence-electron chi connectivity index (χ0n) is 21.2. The number of thioether (sulfide) groups is 1. The highest BCUT2D eigenvalue weighted by Crippen LogP contribution is 2.50. The highest BCUT2D eigenvalue weighted by Gasteiger charge is 2.47. The molecule has 198 valence electrons. The minimum atomic E-state index is -0.541. The van der Waals surface area contributed by atoms with Gasteiger partial charge >= 0.3 is 6.03 Å². The third kappa shape index (κ3) is 4.87. The van der Waals surface area contributed by atoms with Gasteiger partial charge in [0, 0.05) is 35.6 Å². The fourth-order valence-corrected chi connectivity index (χ4v) is 6.84. The molecule has 9 nitrogen and oxygen atoms in total. The number of nitrogens with one attached hydrogen (secondary N) is 3. The van der Waals surface area contributed by atoms with Crippen molar-refractivity contribution in [1.82, 2.24) is 25.9 Å². The highest BCUT2D eigenvalue weighted by atomic mass is 32.2. The molecule has 2 aromatic heterocycles. The Bertz CT molecular complexity index is 1450. The van der Waals surface area contributed by atoms with Crippen LogP contribution in [-0.4, -0.2) is 45.1 Å². The molecule has 4 atom stereocenters. The molecule has 0 bridgehead atoms. The van der Waals surface area contributed by atoms with Crippen molar-refractivity contribution in [3.8, 4) is 11.3 Å². The number of carbonyl (C=O) groups excluding carboxylic acids is 3. The highest BCUT2D eigenvalue weighted by molar-refractivity contribution is 8.01. The van der Waals surface area contributed by atoms with E-state index in [1.54, 1.807) is 23.4 Å². The van der Waals surface area contributed by atoms with Gasteiger partial charge in [-0.25, -0.2) is 9.78 Å². The quantitative estimate of drug-likeness (QED) is 0.403. The fourth-order valence-electron chi connectivity index (χ4n) is 5.60. The lowest BCUT2D eigenvalue weighted by Crippen LogP contribution is -2.51. The smallest absolute Gasteiger partial charge is 0.327 e. The summed E-state index contributed by atoms with van der Waals surface area (Å²) in [6.45, 7) is 3.51. The molecule has 10 heteroatoms. The van der Waals surface area contributed by atoms with Crippen molar-refractivity contribution in [3.05, 3.63) is 79.1 Å². The molecule has 3 aromatic rings. The van der Waals surface area contributed by atoms with Crippen molar-refractivity contribution in [1.29, 1.82) is 0 Å². The van der Waals surface area contributed by atoms with Gasteiger partial charge in [-0.3, -0.25) is 19.5 Å². The molecule has 4 amide bonds. The Morgan fingerprint density at radius 1 is 1.05 bits per heavy atom. The van der Waals surface area contributed by atoms with Crippen molar-refractivity contribution < 1.29 is 14.4 Å². The summed E-state index contributed by atoms with van der Waals surface area (Å²) in [5.74, 6) is -0.342. The average molecular weight is 541 g/mol. The number of rotatable bonds is 6. The molecule has 3 aliphatic rings. The zero-order valence-corrected chi connectivity index (χ0v) is 22.0. The Kier molecular flexibility index (Phi) is 6.78. The van der Waals surface area contributed by atoms with E-state index < -0.39 is 11.3 Å². The number of pyridine rings is 2. The maximum absolute atomic E-state index is 13.5. The Labute approximate surface area is 230 Å². The predicted octanol–water partition coefficient (Wildman–Crippen LogP) is 4.25. The number of hydrogen-bond acceptors (Lipinski definition) is 6. The van der Waals surface area contributed by atoms with E-state index in [0.29, 0.717) is 17.8 Å². The van der Waals surface area contributed by atoms with Crippen LogP contribution in [0.4, 0.5) is 16.2 Å². The summed E-state index contributed by atoms with van der Waals surface area (Å²) in [5.41, 5.74) is 3.96. The van der Waals surface area contributed by atoms with E-state index in [2.05, 4.69) is 32.5 Å². The first-order valence-corrected chi connectivity index (χ1v) is 13.9. The minimum Gasteiger partial charge on any atom is -0.352 e. The Morgan fingerprint density at radius 3 is 2.62 bits per heavy atom. The summed E-state index contributed by atoms with van der Waals surface area (Å²) in [4.78, 5) is 49.4. The summed E-state index contributed by atoms with van der Waals surface area (Å²) in [6.07, 6.45) is 7.92. The summed E-state index contributed by atoms with van der Waals surface area (Å²) < 4.78 is 0. The molecule has 2 aliphatic heterocycles. The van der Waals surface area contributed by atoms with E-state index >= 15 is 0 Å². The maximum atomic E-state index is 13.5. The van der Waals surface area contributed by atoms with Crippen molar-refractivity contribution in [2.24, 2.45) is 0 Å². The van der Waals surface area contributed by atoms with Gasteiger partial charge in [0.25, 0.3) is 0 Å². The first-order chi connectivity index (χ1) is 19.0. The molecule has 1 fully saturated rings. The van der Waals surface area contributed by atoms with Crippen LogP contribution in [0, 0.1) is 0 Å². The lowest BCUT2D eigenvalue weighted by molar-refractivity contribution is -0.121. The van der Waals surface area contributed by atoms with Gasteiger partial charge in [-0.2, -0.15) is 0 Å². The van der Waals surface area contributed by atoms with Crippen LogP contribution in [-0.2, 0) is 9.59 Å². The van der Waals surface area contributed by atoms with Gasteiger partial charge < -0.3 is 16.0 Å². The Morgan fingerprint density at radius 2 is 1.82 bits per heavy atom. The summed E-state index contributed by atoms with van der Waals surface area (Å²) in [6, 6.07) is 14.5. The first kappa shape index (κ1) is 25.1. The molecule has 0 spiro atoms. The molecule has 1 saturated carbocycles. The van der Waals surface area contributed by atoms with Crippen molar-refractivity contribution in [3.63, 3.8) is 0 Å². The lowest BCUT2D eigenvalue weighted by atomic mass is 9.90. The number of aromatic nitrogens is 2. The second-order valence-electron chi connectivity index (χ2n) is 9.90. The number of hydrogen-bond donors (Lipinski definition) is 3. The van der Waals surface area contributed by atoms with Gasteiger partial charge in [-0.15, -0.1) is 0 Å². The lowest BCUT2D eigenvalue weighted by Gasteiger charge is -2.35. The third-order valence-electron chi connectivity index (χ3n) is 7.39. The number of carbonyl (C=O) groups is 3. The first-order valence-electron chi connectivity index (χ1n) is 13.0. The average Bonchev–Trinajstić information content (AvgIpc) is 3.33. The Hall–Kier alpha value is -4.18. The monoisotopic (exact) mass is 540 g/mol. The van der Waals surface area contributed by atoms with Gasteiger partial charge in [0.05, 0.1) is 23.1 Å². The van der Waals surface area contributed by atoms with E-state index in [1.165, 1.54) is 17.8 Å². The second-order valence-corrected chi connectivity index (χ2v) is 11.0. The van der Waals surface area contributed by atoms with Crippen molar-refractivity contribution in [2.75, 3.05) is 4.90 Å². The SMILES string of the molecule is C=CC(=O)N[C@H]1CCC[C@@H](NC(=O)C2Sc3nccc4c3C2NC(=O)N4c2ccnc(-c3ccccc3)c2)C1. The normalized spacial score (nSPS) is 23.4. The molecule has 1 aromatic carbocycles. The summed E-state index contributed by atoms with van der Waals surface area (Å²) in [7, 11) is 0. The van der Waals surface area contributed by atoms with E-state index in [4.69, 9.17) is 0 Å². The van der Waals surface area contributed by atoms with E-state index in [-0.39, 0.29) is 29.9 Å². The molecule has 2 unspecified atom stereocenters. The molecule has 3 N–H and O–H groups in total. The summed E-state index contributed by atoms with van der Waals surface area (Å²) >= 11 is 1.37. The van der Waals surface area contributed by atoms with Crippen LogP contribution < -0.4 is 20.9 Å². The van der Waals surface area contributed by atoms with E-state index in [0.717, 1.165) is 41.1 Å². The van der Waals surface area contributed by atoms with E-state index in [9.17, 15) is 14.4 Å². The van der Waals surface area contributed by atoms with Gasteiger partial charge in [-0.1, -0.05) is 48.7 Å². The van der Waals surface area contributed by atoms with Crippen LogP contribution in [0.15, 0.2) is 78.6 Å². The standard InChI is InChI=1S/C29H28N6O3S/c1-2-23(36)32-18-9-6-10-19(15-18)33-27(37)26-25-24-22(12-14-31-28(24)39-26)35(29(38)34-25)20-11-13-30-21(16-20)17-7-4-3-5-8-17/h2-5,7-8,11-14,16,18-19,25-26H,1,6,9-10,15H2,(H,32,36)(H,33,37)(H,34,38)/t18-,19+,25?,26?/m0/s1. The van der Waals surface area contributed by atoms with Crippen LogP contribution in [0.3, 0.4) is 0 Å². The number of anilines is 2. The van der Waals surface area contributed by atoms with E-state index in [1.807, 2.05) is 42.5 Å². The van der Waals surface area contributed by atoms with Gasteiger partial charge in [0.15, 0.2) is 0 Å². The topological polar surface area (TPSA) is 116 Å². The molecule has 1 aliphatic carbocycles. The number of benzene rings is 1. The zero-order chi connectivity index (χ0) is 26.9. The number of amides is 4. The molecular weight excluding hydrogens is 512 g/mol. The molecule has 0 radical (unpaired) electrons. The van der Waals surface area contributed by atoms with Crippen LogP contribution in [0.25, 0.3) is 11.3 Å². The van der Waals surface area contributed by atoms with Crippen LogP contribution in [0.1, 0.15) is 37.3 Å². The molecule has 0 saturated heterocycles. The maximum Gasteiger partial charge on any atom is 0.327 e. The van der Waals surface area contributed by atoms with Crippen LogP contribution in [0.2, 0.25) is 0 Å². The molecule has 39 heavy (non-hydrogen) atoms. The Balaban J connectivity index is 1.23. The van der Waals surface area contributed by atoms with Crippen molar-refractivity contribution >= 4 is 41.0 Å². The molecule has 6 rings (SSSR count). The van der Waals surface area contributed by atoms with Gasteiger partial charge in [0.2, 0.25) is 11.8 Å². The van der Waals surface area contributed by atoms with Gasteiger partial charge in [0.1, 0.15) is 10.3 Å². The van der Waals surface area contributed by atoms with Crippen molar-refractivity contribution in [2.45, 2.75) is 54.1 Å². The number of urea groups is 1.